The summed E-state index contributed by atoms with van der Waals surface area (Å²) in [5.74, 6) is 0.159. The van der Waals surface area contributed by atoms with Crippen molar-refractivity contribution in [3.63, 3.8) is 0 Å². The van der Waals surface area contributed by atoms with Gasteiger partial charge >= 0.3 is 0 Å². The lowest BCUT2D eigenvalue weighted by Gasteiger charge is -2.19. The van der Waals surface area contributed by atoms with Crippen LogP contribution in [0.2, 0.25) is 0 Å². The highest BCUT2D eigenvalue weighted by Crippen LogP contribution is 2.29. The van der Waals surface area contributed by atoms with Crippen LogP contribution < -0.4 is 15.4 Å². The van der Waals surface area contributed by atoms with E-state index in [1.807, 2.05) is 37.3 Å². The lowest BCUT2D eigenvalue weighted by molar-refractivity contribution is -0.115. The van der Waals surface area contributed by atoms with Crippen LogP contribution in [0.3, 0.4) is 0 Å². The Kier molecular flexibility index (Phi) is 6.17. The molecular weight excluding hydrogens is 386 g/mol. The average molecular weight is 412 g/mol. The molecule has 0 aliphatic rings. The number of carbonyl (C=O) groups is 2. The number of hydrogen-bond acceptors (Lipinski definition) is 5. The summed E-state index contributed by atoms with van der Waals surface area (Å²) < 4.78 is 6.41. The zero-order valence-corrected chi connectivity index (χ0v) is 17.9. The Bertz CT molecular complexity index is 1020. The first-order valence-electron chi connectivity index (χ1n) is 9.48. The van der Waals surface area contributed by atoms with Crippen LogP contribution in [0.15, 0.2) is 42.5 Å². The molecule has 1 heterocycles. The van der Waals surface area contributed by atoms with Crippen molar-refractivity contribution < 1.29 is 14.3 Å². The van der Waals surface area contributed by atoms with Crippen molar-refractivity contribution in [3.8, 4) is 5.75 Å². The molecule has 2 amide bonds. The summed E-state index contributed by atoms with van der Waals surface area (Å²) in [5, 5.41) is 5.86. The molecule has 0 saturated carbocycles. The molecule has 0 saturated heterocycles. The minimum atomic E-state index is -0.325. The second-order valence-corrected chi connectivity index (χ2v) is 8.67. The van der Waals surface area contributed by atoms with E-state index in [1.54, 1.807) is 12.1 Å². The summed E-state index contributed by atoms with van der Waals surface area (Å²) in [6, 6.07) is 13.0. The molecule has 3 rings (SSSR count). The molecule has 152 valence electrons. The summed E-state index contributed by atoms with van der Waals surface area (Å²) in [4.78, 5) is 28.9. The first kappa shape index (κ1) is 20.8. The van der Waals surface area contributed by atoms with Gasteiger partial charge in [-0.3, -0.25) is 9.59 Å². The maximum Gasteiger partial charge on any atom is 0.251 e. The van der Waals surface area contributed by atoms with Crippen LogP contribution in [0.5, 0.6) is 5.75 Å². The van der Waals surface area contributed by atoms with Crippen molar-refractivity contribution in [2.75, 3.05) is 18.5 Å². The lowest BCUT2D eigenvalue weighted by Crippen LogP contribution is -2.32. The van der Waals surface area contributed by atoms with Gasteiger partial charge in [0.15, 0.2) is 5.13 Å². The summed E-state index contributed by atoms with van der Waals surface area (Å²) in [5.41, 5.74) is 2.48. The predicted octanol–water partition coefficient (Wildman–Crippen LogP) is 4.36. The topological polar surface area (TPSA) is 80.3 Å². The molecular formula is C22H25N3O3S. The number of fused-ring (bicyclic) bond motifs is 1. The van der Waals surface area contributed by atoms with Gasteiger partial charge in [-0.15, -0.1) is 0 Å². The van der Waals surface area contributed by atoms with E-state index in [9.17, 15) is 9.59 Å². The van der Waals surface area contributed by atoms with Crippen LogP contribution in [0, 0.1) is 0 Å². The Hall–Kier alpha value is -2.93. The van der Waals surface area contributed by atoms with Gasteiger partial charge in [0, 0.05) is 5.56 Å². The van der Waals surface area contributed by atoms with E-state index in [0.29, 0.717) is 17.3 Å². The number of thiazole rings is 1. The minimum Gasteiger partial charge on any atom is -0.494 e. The highest BCUT2D eigenvalue weighted by molar-refractivity contribution is 7.22. The summed E-state index contributed by atoms with van der Waals surface area (Å²) in [7, 11) is 0. The first-order valence-corrected chi connectivity index (χ1v) is 10.3. The van der Waals surface area contributed by atoms with E-state index >= 15 is 0 Å². The number of hydrogen-bond donors (Lipinski definition) is 2. The minimum absolute atomic E-state index is 0.0234. The molecule has 0 radical (unpaired) electrons. The van der Waals surface area contributed by atoms with E-state index < -0.39 is 0 Å². The fourth-order valence-electron chi connectivity index (χ4n) is 2.76. The van der Waals surface area contributed by atoms with Gasteiger partial charge in [-0.1, -0.05) is 44.2 Å². The van der Waals surface area contributed by atoms with E-state index in [1.165, 1.54) is 11.3 Å². The third-order valence-corrected chi connectivity index (χ3v) is 5.27. The Morgan fingerprint density at radius 2 is 1.83 bits per heavy atom. The third-order valence-electron chi connectivity index (χ3n) is 4.34. The van der Waals surface area contributed by atoms with Crippen molar-refractivity contribution in [1.29, 1.82) is 0 Å². The number of nitrogens with one attached hydrogen (secondary N) is 2. The number of anilines is 1. The molecule has 0 spiro atoms. The first-order chi connectivity index (χ1) is 13.8. The van der Waals surface area contributed by atoms with Crippen LogP contribution in [0.25, 0.3) is 10.2 Å². The maximum atomic E-state index is 12.3. The maximum absolute atomic E-state index is 12.3. The SMILES string of the molecule is CCOc1ccc2nc(NC(=O)CNC(=O)c3ccc(C(C)(C)C)cc3)sc2c1. The molecule has 2 aromatic carbocycles. The van der Waals surface area contributed by atoms with Gasteiger partial charge in [0.05, 0.1) is 23.4 Å². The van der Waals surface area contributed by atoms with Crippen molar-refractivity contribution in [2.24, 2.45) is 0 Å². The van der Waals surface area contributed by atoms with Crippen molar-refractivity contribution >= 4 is 38.5 Å². The van der Waals surface area contributed by atoms with Crippen molar-refractivity contribution in [3.05, 3.63) is 53.6 Å². The molecule has 3 aromatic rings. The molecule has 2 N–H and O–H groups in total. The van der Waals surface area contributed by atoms with Gasteiger partial charge in [-0.2, -0.15) is 0 Å². The van der Waals surface area contributed by atoms with E-state index in [0.717, 1.165) is 21.5 Å². The molecule has 0 aliphatic carbocycles. The second-order valence-electron chi connectivity index (χ2n) is 7.64. The smallest absolute Gasteiger partial charge is 0.251 e. The summed E-state index contributed by atoms with van der Waals surface area (Å²) >= 11 is 1.36. The number of benzene rings is 2. The van der Waals surface area contributed by atoms with E-state index in [-0.39, 0.29) is 23.8 Å². The standard InChI is InChI=1S/C22H25N3O3S/c1-5-28-16-10-11-17-18(12-16)29-21(24-17)25-19(26)13-23-20(27)14-6-8-15(9-7-14)22(2,3)4/h6-12H,5,13H2,1-4H3,(H,23,27)(H,24,25,26). The molecule has 0 atom stereocenters. The number of nitrogens with zero attached hydrogens (tertiary/aromatic N) is 1. The number of ether oxygens (including phenoxy) is 1. The third kappa shape index (κ3) is 5.32. The molecule has 0 bridgehead atoms. The fraction of sp³-hybridized carbons (Fsp3) is 0.318. The predicted molar refractivity (Wildman–Crippen MR) is 117 cm³/mol. The molecule has 1 aromatic heterocycles. The van der Waals surface area contributed by atoms with Crippen molar-refractivity contribution in [2.45, 2.75) is 33.1 Å². The largest absolute Gasteiger partial charge is 0.494 e. The molecule has 0 unspecified atom stereocenters. The average Bonchev–Trinajstić information content (AvgIpc) is 3.07. The number of amides is 2. The highest BCUT2D eigenvalue weighted by Gasteiger charge is 2.15. The van der Waals surface area contributed by atoms with Crippen molar-refractivity contribution in [1.82, 2.24) is 10.3 Å². The summed E-state index contributed by atoms with van der Waals surface area (Å²) in [6.45, 7) is 8.74. The normalized spacial score (nSPS) is 11.3. The lowest BCUT2D eigenvalue weighted by atomic mass is 9.87. The Morgan fingerprint density at radius 1 is 1.10 bits per heavy atom. The monoisotopic (exact) mass is 411 g/mol. The Labute approximate surface area is 174 Å². The fourth-order valence-corrected chi connectivity index (χ4v) is 3.67. The Balaban J connectivity index is 1.56. The molecule has 0 fully saturated rings. The quantitative estimate of drug-likeness (QED) is 0.631. The zero-order chi connectivity index (χ0) is 21.0. The van der Waals surface area contributed by atoms with Gasteiger partial charge in [-0.05, 0) is 48.2 Å². The number of rotatable bonds is 6. The number of aromatic nitrogens is 1. The molecule has 7 heteroatoms. The van der Waals surface area contributed by atoms with Crippen LogP contribution >= 0.6 is 11.3 Å². The van der Waals surface area contributed by atoms with Gasteiger partial charge in [-0.25, -0.2) is 4.98 Å². The van der Waals surface area contributed by atoms with Gasteiger partial charge in [0.1, 0.15) is 5.75 Å². The number of carbonyl (C=O) groups excluding carboxylic acids is 2. The van der Waals surface area contributed by atoms with E-state index in [4.69, 9.17) is 4.74 Å². The molecule has 29 heavy (non-hydrogen) atoms. The van der Waals surface area contributed by atoms with Crippen LogP contribution in [0.1, 0.15) is 43.6 Å². The Morgan fingerprint density at radius 3 is 2.48 bits per heavy atom. The van der Waals surface area contributed by atoms with E-state index in [2.05, 4.69) is 36.4 Å². The summed E-state index contributed by atoms with van der Waals surface area (Å²) in [6.07, 6.45) is 0. The van der Waals surface area contributed by atoms with Gasteiger partial charge in [0.2, 0.25) is 5.91 Å². The highest BCUT2D eigenvalue weighted by atomic mass is 32.1. The molecule has 6 nitrogen and oxygen atoms in total. The van der Waals surface area contributed by atoms with Gasteiger partial charge in [0.25, 0.3) is 5.91 Å². The van der Waals surface area contributed by atoms with Crippen LogP contribution in [0.4, 0.5) is 5.13 Å². The van der Waals surface area contributed by atoms with Gasteiger partial charge < -0.3 is 15.4 Å². The second kappa shape index (κ2) is 8.61. The zero-order valence-electron chi connectivity index (χ0n) is 17.0. The molecule has 0 aliphatic heterocycles. The van der Waals surface area contributed by atoms with Crippen LogP contribution in [-0.4, -0.2) is 29.9 Å². The van der Waals surface area contributed by atoms with Crippen LogP contribution in [-0.2, 0) is 10.2 Å².